The van der Waals surface area contributed by atoms with Gasteiger partial charge in [0.05, 0.1) is 24.8 Å². The average Bonchev–Trinajstić information content (AvgIpc) is 3.17. The molecular formula is C41H44N4O7. The smallest absolute Gasteiger partial charge is 0.408 e. The van der Waals surface area contributed by atoms with Crippen molar-refractivity contribution >= 4 is 17.0 Å². The quantitative estimate of drug-likeness (QED) is 0.107. The number of pyridine rings is 1. The minimum atomic E-state index is -0.879. The van der Waals surface area contributed by atoms with Crippen molar-refractivity contribution in [2.24, 2.45) is 5.92 Å². The second-order valence-corrected chi connectivity index (χ2v) is 13.5. The Morgan fingerprint density at radius 1 is 0.962 bits per heavy atom. The SMILES string of the molecule is COc1cc(COc2cccc([C@@H](NC(=O)O[C@H]3CN4CCC3CC4)c3ccccc3)c2)ccc1CNC[C@H](O)c1ccc(O)c2[nH]c(=O)ccc12. The number of methoxy groups -OCH3 is 1. The van der Waals surface area contributed by atoms with E-state index in [1.165, 1.54) is 12.1 Å². The number of ether oxygens (including phenoxy) is 3. The highest BCUT2D eigenvalue weighted by molar-refractivity contribution is 5.87. The lowest BCUT2D eigenvalue weighted by Crippen LogP contribution is -2.52. The van der Waals surface area contributed by atoms with E-state index in [1.54, 1.807) is 19.2 Å². The zero-order chi connectivity index (χ0) is 36.0. The first kappa shape index (κ1) is 35.1. The summed E-state index contributed by atoms with van der Waals surface area (Å²) in [6, 6.07) is 29.1. The van der Waals surface area contributed by atoms with Crippen molar-refractivity contribution < 1.29 is 29.2 Å². The zero-order valence-corrected chi connectivity index (χ0v) is 29.1. The molecule has 11 heteroatoms. The highest BCUT2D eigenvalue weighted by Crippen LogP contribution is 2.32. The normalized spacial score (nSPS) is 19.2. The number of alkyl carbamates (subject to hydrolysis) is 1. The van der Waals surface area contributed by atoms with Gasteiger partial charge in [-0.05, 0) is 84.4 Å². The number of nitrogens with zero attached hydrogens (tertiary/aromatic N) is 1. The molecule has 0 saturated carbocycles. The number of benzene rings is 4. The largest absolute Gasteiger partial charge is 0.506 e. The number of aromatic hydroxyl groups is 1. The molecule has 0 spiro atoms. The fraction of sp³-hybridized carbons (Fsp3) is 0.317. The number of aromatic amines is 1. The summed E-state index contributed by atoms with van der Waals surface area (Å²) in [5.74, 6) is 1.71. The first-order chi connectivity index (χ1) is 25.3. The molecule has 5 N–H and O–H groups in total. The number of fused-ring (bicyclic) bond motifs is 4. The minimum Gasteiger partial charge on any atom is -0.506 e. The highest BCUT2D eigenvalue weighted by Gasteiger charge is 2.37. The van der Waals surface area contributed by atoms with E-state index in [2.05, 4.69) is 20.5 Å². The van der Waals surface area contributed by atoms with E-state index in [4.69, 9.17) is 14.2 Å². The van der Waals surface area contributed by atoms with Gasteiger partial charge in [0.2, 0.25) is 5.56 Å². The summed E-state index contributed by atoms with van der Waals surface area (Å²) in [5.41, 5.74) is 4.20. The van der Waals surface area contributed by atoms with Gasteiger partial charge in [-0.1, -0.05) is 60.7 Å². The van der Waals surface area contributed by atoms with Crippen LogP contribution < -0.4 is 25.7 Å². The molecule has 1 amide bonds. The molecule has 2 bridgehead atoms. The number of piperidine rings is 3. The van der Waals surface area contributed by atoms with Gasteiger partial charge in [-0.15, -0.1) is 0 Å². The number of hydrogen-bond acceptors (Lipinski definition) is 9. The van der Waals surface area contributed by atoms with Crippen molar-refractivity contribution in [2.75, 3.05) is 33.3 Å². The Hall–Kier alpha value is -5.36. The maximum Gasteiger partial charge on any atom is 0.408 e. The monoisotopic (exact) mass is 704 g/mol. The van der Waals surface area contributed by atoms with Crippen LogP contribution in [0.15, 0.2) is 102 Å². The number of aliphatic hydroxyl groups is 1. The first-order valence-electron chi connectivity index (χ1n) is 17.7. The highest BCUT2D eigenvalue weighted by atomic mass is 16.6. The second-order valence-electron chi connectivity index (χ2n) is 13.5. The molecule has 4 heterocycles. The van der Waals surface area contributed by atoms with E-state index < -0.39 is 18.2 Å². The van der Waals surface area contributed by atoms with Crippen LogP contribution in [0.4, 0.5) is 4.79 Å². The van der Waals surface area contributed by atoms with Gasteiger partial charge < -0.3 is 40.0 Å². The van der Waals surface area contributed by atoms with Crippen molar-refractivity contribution in [1.82, 2.24) is 20.5 Å². The predicted molar refractivity (Wildman–Crippen MR) is 198 cm³/mol. The maximum absolute atomic E-state index is 13.2. The summed E-state index contributed by atoms with van der Waals surface area (Å²) in [4.78, 5) is 30.0. The van der Waals surface area contributed by atoms with Crippen molar-refractivity contribution in [3.05, 3.63) is 135 Å². The Morgan fingerprint density at radius 2 is 1.77 bits per heavy atom. The van der Waals surface area contributed by atoms with E-state index in [0.29, 0.717) is 47.0 Å². The number of phenolic OH excluding ortho intramolecular Hbond substituents is 1. The van der Waals surface area contributed by atoms with Gasteiger partial charge in [-0.3, -0.25) is 9.69 Å². The molecule has 3 fully saturated rings. The van der Waals surface area contributed by atoms with Gasteiger partial charge in [0.15, 0.2) is 0 Å². The van der Waals surface area contributed by atoms with Crippen LogP contribution in [0.3, 0.4) is 0 Å². The van der Waals surface area contributed by atoms with Crippen LogP contribution in [0.2, 0.25) is 0 Å². The van der Waals surface area contributed by atoms with E-state index in [1.807, 2.05) is 72.8 Å². The Kier molecular flexibility index (Phi) is 10.7. The number of phenols is 1. The van der Waals surface area contributed by atoms with Gasteiger partial charge in [-0.2, -0.15) is 0 Å². The standard InChI is InChI=1S/C41H44N4O7/c1-50-36-20-26(10-11-30(36)22-42-23-35(47)32-12-14-34(46)40-33(32)13-15-38(48)43-40)25-51-31-9-5-8-29(21-31)39(28-6-3-2-4-7-28)44-41(49)52-37-24-45-18-16-27(37)17-19-45/h2-15,20-21,27,35,37,39,42,46-47H,16-19,22-25H2,1H3,(H,43,48)(H,44,49)/t35-,37-,39-/m0/s1. The van der Waals surface area contributed by atoms with Crippen molar-refractivity contribution in [2.45, 2.75) is 44.2 Å². The number of hydrogen-bond donors (Lipinski definition) is 5. The third kappa shape index (κ3) is 8.07. The van der Waals surface area contributed by atoms with Crippen LogP contribution in [0.25, 0.3) is 10.9 Å². The number of H-pyrrole nitrogens is 1. The fourth-order valence-electron chi connectivity index (χ4n) is 7.32. The predicted octanol–water partition coefficient (Wildman–Crippen LogP) is 5.55. The maximum atomic E-state index is 13.2. The van der Waals surface area contributed by atoms with Crippen molar-refractivity contribution in [3.63, 3.8) is 0 Å². The van der Waals surface area contributed by atoms with E-state index in [-0.39, 0.29) is 24.0 Å². The molecule has 3 aliphatic heterocycles. The molecule has 1 aromatic heterocycles. The van der Waals surface area contributed by atoms with Crippen LogP contribution >= 0.6 is 0 Å². The number of nitrogens with one attached hydrogen (secondary N) is 3. The molecule has 0 aliphatic carbocycles. The van der Waals surface area contributed by atoms with E-state index >= 15 is 0 Å². The third-order valence-electron chi connectivity index (χ3n) is 10.1. The molecule has 8 rings (SSSR count). The van der Waals surface area contributed by atoms with Gasteiger partial charge in [0.1, 0.15) is 30.0 Å². The molecule has 5 aromatic rings. The van der Waals surface area contributed by atoms with Crippen molar-refractivity contribution in [1.29, 1.82) is 0 Å². The summed E-state index contributed by atoms with van der Waals surface area (Å²) >= 11 is 0. The Morgan fingerprint density at radius 3 is 2.54 bits per heavy atom. The molecule has 0 radical (unpaired) electrons. The number of carbonyl (C=O) groups excluding carboxylic acids is 1. The molecular weight excluding hydrogens is 660 g/mol. The number of aliphatic hydroxyl groups excluding tert-OH is 1. The van der Waals surface area contributed by atoms with Crippen LogP contribution in [-0.4, -0.2) is 65.6 Å². The Labute approximate surface area is 302 Å². The Balaban J connectivity index is 0.975. The molecule has 0 unspecified atom stereocenters. The topological polar surface area (TPSA) is 145 Å². The molecule has 3 atom stereocenters. The average molecular weight is 705 g/mol. The lowest BCUT2D eigenvalue weighted by Gasteiger charge is -2.43. The van der Waals surface area contributed by atoms with E-state index in [0.717, 1.165) is 54.7 Å². The summed E-state index contributed by atoms with van der Waals surface area (Å²) in [6.07, 6.45) is 0.762. The van der Waals surface area contributed by atoms with Crippen LogP contribution in [0.5, 0.6) is 17.2 Å². The zero-order valence-electron chi connectivity index (χ0n) is 29.1. The summed E-state index contributed by atoms with van der Waals surface area (Å²) in [5, 5.41) is 28.1. The molecule has 270 valence electrons. The van der Waals surface area contributed by atoms with Crippen LogP contribution in [0.1, 0.15) is 52.8 Å². The lowest BCUT2D eigenvalue weighted by molar-refractivity contribution is -0.0336. The second kappa shape index (κ2) is 15.9. The van der Waals surface area contributed by atoms with Gasteiger partial charge in [-0.25, -0.2) is 4.79 Å². The summed E-state index contributed by atoms with van der Waals surface area (Å²) in [7, 11) is 1.61. The molecule has 3 aliphatic rings. The molecule has 11 nitrogen and oxygen atoms in total. The third-order valence-corrected chi connectivity index (χ3v) is 10.1. The molecule has 4 aromatic carbocycles. The van der Waals surface area contributed by atoms with Gasteiger partial charge in [0, 0.05) is 36.7 Å². The number of aromatic nitrogens is 1. The minimum absolute atomic E-state index is 0.0526. The lowest BCUT2D eigenvalue weighted by atomic mass is 9.86. The first-order valence-corrected chi connectivity index (χ1v) is 17.7. The molecule has 3 saturated heterocycles. The Bertz CT molecular complexity index is 2060. The summed E-state index contributed by atoms with van der Waals surface area (Å²) in [6.45, 7) is 3.93. The van der Waals surface area contributed by atoms with Crippen LogP contribution in [-0.2, 0) is 17.9 Å². The number of rotatable bonds is 13. The van der Waals surface area contributed by atoms with Crippen molar-refractivity contribution in [3.8, 4) is 17.2 Å². The summed E-state index contributed by atoms with van der Waals surface area (Å²) < 4.78 is 17.9. The molecule has 52 heavy (non-hydrogen) atoms. The number of carbonyl (C=O) groups is 1. The van der Waals surface area contributed by atoms with E-state index in [9.17, 15) is 19.8 Å². The fourth-order valence-corrected chi connectivity index (χ4v) is 7.32. The van der Waals surface area contributed by atoms with Gasteiger partial charge in [0.25, 0.3) is 0 Å². The number of amides is 1. The van der Waals surface area contributed by atoms with Crippen LogP contribution in [0, 0.1) is 5.92 Å². The van der Waals surface area contributed by atoms with Gasteiger partial charge >= 0.3 is 6.09 Å².